The third-order valence-corrected chi connectivity index (χ3v) is 2.73. The van der Waals surface area contributed by atoms with Crippen LogP contribution in [0.25, 0.3) is 0 Å². The van der Waals surface area contributed by atoms with Crippen molar-refractivity contribution >= 4 is 11.6 Å². The summed E-state index contributed by atoms with van der Waals surface area (Å²) in [5.41, 5.74) is 7.02. The summed E-state index contributed by atoms with van der Waals surface area (Å²) in [5.74, 6) is -2.31. The second-order valence-corrected chi connectivity index (χ2v) is 4.31. The van der Waals surface area contributed by atoms with Gasteiger partial charge in [0.15, 0.2) is 18.2 Å². The molecule has 0 aromatic heterocycles. The van der Waals surface area contributed by atoms with Gasteiger partial charge in [0.2, 0.25) is 0 Å². The van der Waals surface area contributed by atoms with E-state index in [2.05, 4.69) is 5.32 Å². The van der Waals surface area contributed by atoms with Crippen molar-refractivity contribution in [1.29, 1.82) is 0 Å². The van der Waals surface area contributed by atoms with Crippen LogP contribution in [0.5, 0.6) is 5.75 Å². The minimum atomic E-state index is -1.02. The van der Waals surface area contributed by atoms with Gasteiger partial charge in [0.05, 0.1) is 0 Å². The van der Waals surface area contributed by atoms with E-state index in [-0.39, 0.29) is 12.4 Å². The summed E-state index contributed by atoms with van der Waals surface area (Å²) >= 11 is 0. The summed E-state index contributed by atoms with van der Waals surface area (Å²) in [7, 11) is 0. The van der Waals surface area contributed by atoms with Crippen LogP contribution < -0.4 is 15.8 Å². The number of rotatable bonds is 5. The van der Waals surface area contributed by atoms with Gasteiger partial charge >= 0.3 is 0 Å². The fourth-order valence-electron chi connectivity index (χ4n) is 1.64. The minimum absolute atomic E-state index is 0.0857. The zero-order valence-electron chi connectivity index (χ0n) is 11.1. The molecule has 21 heavy (non-hydrogen) atoms. The molecule has 0 unspecified atom stereocenters. The second kappa shape index (κ2) is 6.81. The number of hydrogen-bond acceptors (Lipinski definition) is 3. The van der Waals surface area contributed by atoms with Crippen molar-refractivity contribution in [1.82, 2.24) is 0 Å². The largest absolute Gasteiger partial charge is 0.484 e. The summed E-state index contributed by atoms with van der Waals surface area (Å²) in [5, 5.41) is 2.62. The number of carbonyl (C=O) groups excluding carboxylic acids is 1. The Bertz CT molecular complexity index is 630. The van der Waals surface area contributed by atoms with Crippen LogP contribution >= 0.6 is 0 Å². The Kier molecular flexibility index (Phi) is 4.84. The first-order valence-corrected chi connectivity index (χ1v) is 6.25. The highest BCUT2D eigenvalue weighted by molar-refractivity contribution is 5.91. The maximum Gasteiger partial charge on any atom is 0.262 e. The zero-order valence-corrected chi connectivity index (χ0v) is 11.1. The number of amides is 1. The van der Waals surface area contributed by atoms with E-state index in [1.54, 1.807) is 24.3 Å². The lowest BCUT2D eigenvalue weighted by atomic mass is 10.2. The van der Waals surface area contributed by atoms with Gasteiger partial charge in [0.1, 0.15) is 5.75 Å². The topological polar surface area (TPSA) is 64.3 Å². The molecule has 0 saturated heterocycles. The van der Waals surface area contributed by atoms with Crippen molar-refractivity contribution in [2.45, 2.75) is 6.54 Å². The molecule has 0 aliphatic rings. The van der Waals surface area contributed by atoms with E-state index in [9.17, 15) is 13.6 Å². The minimum Gasteiger partial charge on any atom is -0.484 e. The zero-order chi connectivity index (χ0) is 15.2. The van der Waals surface area contributed by atoms with Gasteiger partial charge in [0.25, 0.3) is 5.91 Å². The summed E-state index contributed by atoms with van der Waals surface area (Å²) in [6.07, 6.45) is 0. The molecular formula is C15H14F2N2O2. The molecule has 0 fully saturated rings. The van der Waals surface area contributed by atoms with Crippen LogP contribution in [0.3, 0.4) is 0 Å². The molecule has 0 bridgehead atoms. The fourth-order valence-corrected chi connectivity index (χ4v) is 1.64. The van der Waals surface area contributed by atoms with Gasteiger partial charge < -0.3 is 15.8 Å². The Labute approximate surface area is 120 Å². The van der Waals surface area contributed by atoms with E-state index in [1.807, 2.05) is 0 Å². The first-order chi connectivity index (χ1) is 10.1. The summed E-state index contributed by atoms with van der Waals surface area (Å²) in [4.78, 5) is 11.7. The van der Waals surface area contributed by atoms with E-state index in [0.29, 0.717) is 12.2 Å². The lowest BCUT2D eigenvalue weighted by Gasteiger charge is -2.08. The van der Waals surface area contributed by atoms with Gasteiger partial charge in [-0.1, -0.05) is 12.1 Å². The van der Waals surface area contributed by atoms with E-state index in [0.717, 1.165) is 17.7 Å². The molecule has 1 amide bonds. The number of carbonyl (C=O) groups is 1. The first kappa shape index (κ1) is 14.9. The highest BCUT2D eigenvalue weighted by Gasteiger charge is 2.06. The molecule has 2 aromatic carbocycles. The van der Waals surface area contributed by atoms with Gasteiger partial charge in [-0.15, -0.1) is 0 Å². The molecule has 4 nitrogen and oxygen atoms in total. The van der Waals surface area contributed by atoms with Crippen LogP contribution in [0.4, 0.5) is 14.5 Å². The molecule has 0 saturated carbocycles. The smallest absolute Gasteiger partial charge is 0.262 e. The van der Waals surface area contributed by atoms with Gasteiger partial charge in [-0.05, 0) is 29.8 Å². The molecule has 0 heterocycles. The van der Waals surface area contributed by atoms with Gasteiger partial charge in [-0.3, -0.25) is 4.79 Å². The monoisotopic (exact) mass is 292 g/mol. The van der Waals surface area contributed by atoms with E-state index >= 15 is 0 Å². The maximum atomic E-state index is 13.0. The molecule has 0 spiro atoms. The van der Waals surface area contributed by atoms with Gasteiger partial charge in [-0.2, -0.15) is 0 Å². The standard InChI is InChI=1S/C15H14F2N2O2/c16-13-6-5-12(7-14(13)17)21-9-15(20)19-11-3-1-10(8-18)2-4-11/h1-7H,8-9,18H2,(H,19,20). The number of anilines is 1. The normalized spacial score (nSPS) is 10.2. The molecule has 0 aliphatic carbocycles. The second-order valence-electron chi connectivity index (χ2n) is 4.31. The number of nitrogens with one attached hydrogen (secondary N) is 1. The lowest BCUT2D eigenvalue weighted by molar-refractivity contribution is -0.118. The maximum absolute atomic E-state index is 13.0. The van der Waals surface area contributed by atoms with Crippen LogP contribution in [-0.2, 0) is 11.3 Å². The molecular weight excluding hydrogens is 278 g/mol. The predicted molar refractivity (Wildman–Crippen MR) is 74.8 cm³/mol. The van der Waals surface area contributed by atoms with Crippen molar-refractivity contribution in [2.24, 2.45) is 5.73 Å². The SMILES string of the molecule is NCc1ccc(NC(=O)COc2ccc(F)c(F)c2)cc1. The Morgan fingerprint density at radius 2 is 1.81 bits per heavy atom. The van der Waals surface area contributed by atoms with Crippen molar-refractivity contribution in [3.63, 3.8) is 0 Å². The lowest BCUT2D eigenvalue weighted by Crippen LogP contribution is -2.20. The third kappa shape index (κ3) is 4.25. The Morgan fingerprint density at radius 1 is 1.10 bits per heavy atom. The van der Waals surface area contributed by atoms with Crippen molar-refractivity contribution in [3.05, 3.63) is 59.7 Å². The Balaban J connectivity index is 1.87. The van der Waals surface area contributed by atoms with Crippen molar-refractivity contribution in [3.8, 4) is 5.75 Å². The summed E-state index contributed by atoms with van der Waals surface area (Å²) < 4.78 is 30.8. The molecule has 6 heteroatoms. The molecule has 2 aromatic rings. The average Bonchev–Trinajstić information content (AvgIpc) is 2.49. The van der Waals surface area contributed by atoms with Crippen molar-refractivity contribution in [2.75, 3.05) is 11.9 Å². The highest BCUT2D eigenvalue weighted by Crippen LogP contribution is 2.15. The number of nitrogens with two attached hydrogens (primary N) is 1. The van der Waals surface area contributed by atoms with E-state index in [1.165, 1.54) is 6.07 Å². The van der Waals surface area contributed by atoms with Crippen LogP contribution in [0.15, 0.2) is 42.5 Å². The Morgan fingerprint density at radius 3 is 2.43 bits per heavy atom. The average molecular weight is 292 g/mol. The van der Waals surface area contributed by atoms with Crippen LogP contribution in [0, 0.1) is 11.6 Å². The van der Waals surface area contributed by atoms with Crippen LogP contribution in [0.2, 0.25) is 0 Å². The van der Waals surface area contributed by atoms with Gasteiger partial charge in [-0.25, -0.2) is 8.78 Å². The molecule has 110 valence electrons. The number of benzene rings is 2. The van der Waals surface area contributed by atoms with Crippen LogP contribution in [-0.4, -0.2) is 12.5 Å². The van der Waals surface area contributed by atoms with E-state index < -0.39 is 17.5 Å². The molecule has 3 N–H and O–H groups in total. The number of halogens is 2. The first-order valence-electron chi connectivity index (χ1n) is 6.25. The highest BCUT2D eigenvalue weighted by atomic mass is 19.2. The molecule has 0 radical (unpaired) electrons. The fraction of sp³-hybridized carbons (Fsp3) is 0.133. The Hall–Kier alpha value is -2.47. The number of hydrogen-bond donors (Lipinski definition) is 2. The summed E-state index contributed by atoms with van der Waals surface area (Å²) in [6, 6.07) is 10.1. The number of ether oxygens (including phenoxy) is 1. The molecule has 2 rings (SSSR count). The van der Waals surface area contributed by atoms with Gasteiger partial charge in [0, 0.05) is 18.3 Å². The summed E-state index contributed by atoms with van der Waals surface area (Å²) in [6.45, 7) is 0.122. The van der Waals surface area contributed by atoms with Crippen LogP contribution in [0.1, 0.15) is 5.56 Å². The molecule has 0 aliphatic heterocycles. The quantitative estimate of drug-likeness (QED) is 0.889. The van der Waals surface area contributed by atoms with Crippen molar-refractivity contribution < 1.29 is 18.3 Å². The third-order valence-electron chi connectivity index (χ3n) is 2.73. The predicted octanol–water partition coefficient (Wildman–Crippen LogP) is 2.44. The van der Waals surface area contributed by atoms with E-state index in [4.69, 9.17) is 10.5 Å². The molecule has 0 atom stereocenters.